The van der Waals surface area contributed by atoms with Crippen molar-refractivity contribution in [1.82, 2.24) is 15.8 Å². The fourth-order valence-corrected chi connectivity index (χ4v) is 3.26. The highest BCUT2D eigenvalue weighted by Crippen LogP contribution is 2.33. The number of nitrogens with one attached hydrogen (secondary N) is 2. The maximum atomic E-state index is 11.3. The average molecular weight is 271 g/mol. The van der Waals surface area contributed by atoms with Gasteiger partial charge in [0.1, 0.15) is 0 Å². The Hall–Kier alpha value is -1.88. The molecule has 2 aliphatic heterocycles. The molecule has 20 heavy (non-hydrogen) atoms. The van der Waals surface area contributed by atoms with Crippen molar-refractivity contribution in [2.24, 2.45) is 0 Å². The fourth-order valence-electron chi connectivity index (χ4n) is 3.26. The maximum absolute atomic E-state index is 11.3. The topological polar surface area (TPSA) is 67.2 Å². The van der Waals surface area contributed by atoms with E-state index in [2.05, 4.69) is 27.9 Å². The molecule has 5 nitrogen and oxygen atoms in total. The molecule has 1 aromatic heterocycles. The summed E-state index contributed by atoms with van der Waals surface area (Å²) >= 11 is 0. The predicted molar refractivity (Wildman–Crippen MR) is 74.4 cm³/mol. The second kappa shape index (κ2) is 4.59. The normalized spacial score (nSPS) is 22.6. The Morgan fingerprint density at radius 3 is 3.10 bits per heavy atom. The van der Waals surface area contributed by atoms with Gasteiger partial charge in [0, 0.05) is 36.4 Å². The molecule has 104 valence electrons. The minimum absolute atomic E-state index is 0.137. The van der Waals surface area contributed by atoms with E-state index in [1.54, 1.807) is 0 Å². The molecule has 5 heteroatoms. The zero-order valence-electron chi connectivity index (χ0n) is 11.2. The number of carbonyl (C=O) groups excluding carboxylic acids is 1. The average Bonchev–Trinajstić information content (AvgIpc) is 2.92. The van der Waals surface area contributed by atoms with Crippen molar-refractivity contribution in [2.75, 3.05) is 13.1 Å². The van der Waals surface area contributed by atoms with E-state index in [9.17, 15) is 4.79 Å². The quantitative estimate of drug-likeness (QED) is 0.824. The molecule has 0 spiro atoms. The van der Waals surface area contributed by atoms with Gasteiger partial charge in [0.05, 0.1) is 5.69 Å². The second-order valence-corrected chi connectivity index (χ2v) is 5.61. The summed E-state index contributed by atoms with van der Waals surface area (Å²) in [6.45, 7) is 2.56. The largest absolute Gasteiger partial charge is 0.356 e. The van der Waals surface area contributed by atoms with Crippen LogP contribution in [0.15, 0.2) is 16.7 Å². The Kier molecular flexibility index (Phi) is 2.73. The Balaban J connectivity index is 1.76. The highest BCUT2D eigenvalue weighted by atomic mass is 16.5. The number of piperidine rings is 1. The van der Waals surface area contributed by atoms with Crippen LogP contribution in [0.25, 0.3) is 11.0 Å². The summed E-state index contributed by atoms with van der Waals surface area (Å²) in [4.78, 5) is 11.3. The summed E-state index contributed by atoms with van der Waals surface area (Å²) in [6.07, 6.45) is 2.42. The number of fused-ring (bicyclic) bond motifs is 3. The first-order valence-electron chi connectivity index (χ1n) is 7.20. The fraction of sp³-hybridized carbons (Fsp3) is 0.467. The van der Waals surface area contributed by atoms with Gasteiger partial charge in [0.2, 0.25) is 5.91 Å². The van der Waals surface area contributed by atoms with E-state index in [1.165, 1.54) is 11.1 Å². The molecule has 2 N–H and O–H groups in total. The molecule has 0 saturated carbocycles. The Labute approximate surface area is 116 Å². The number of amides is 1. The number of rotatable bonds is 1. The summed E-state index contributed by atoms with van der Waals surface area (Å²) in [5, 5.41) is 11.7. The molecule has 1 aromatic carbocycles. The maximum Gasteiger partial charge on any atom is 0.220 e. The van der Waals surface area contributed by atoms with Gasteiger partial charge in [-0.05, 0) is 31.0 Å². The van der Waals surface area contributed by atoms with Crippen LogP contribution in [0.4, 0.5) is 0 Å². The highest BCUT2D eigenvalue weighted by Gasteiger charge is 2.26. The van der Waals surface area contributed by atoms with Gasteiger partial charge in [0.25, 0.3) is 0 Å². The summed E-state index contributed by atoms with van der Waals surface area (Å²) in [5.74, 6) is 0.409. The number of hydrogen-bond donors (Lipinski definition) is 2. The minimum atomic E-state index is 0.137. The summed E-state index contributed by atoms with van der Waals surface area (Å²) in [5.41, 5.74) is 4.54. The second-order valence-electron chi connectivity index (χ2n) is 5.61. The Morgan fingerprint density at radius 1 is 1.30 bits per heavy atom. The molecule has 0 radical (unpaired) electrons. The van der Waals surface area contributed by atoms with Crippen molar-refractivity contribution in [2.45, 2.75) is 31.7 Å². The SMILES string of the molecule is O=C1CCC(c2noc3c4c(ccc23)CNCC4)CN1. The third kappa shape index (κ3) is 1.81. The monoisotopic (exact) mass is 271 g/mol. The van der Waals surface area contributed by atoms with Crippen LogP contribution in [0.2, 0.25) is 0 Å². The minimum Gasteiger partial charge on any atom is -0.356 e. The lowest BCUT2D eigenvalue weighted by atomic mass is 9.91. The third-order valence-corrected chi connectivity index (χ3v) is 4.39. The lowest BCUT2D eigenvalue weighted by Crippen LogP contribution is -2.33. The van der Waals surface area contributed by atoms with Crippen LogP contribution in [-0.2, 0) is 17.8 Å². The Bertz CT molecular complexity index is 667. The molecule has 0 aliphatic carbocycles. The van der Waals surface area contributed by atoms with E-state index in [0.717, 1.165) is 42.6 Å². The van der Waals surface area contributed by atoms with Gasteiger partial charge < -0.3 is 15.2 Å². The molecule has 1 atom stereocenters. The van der Waals surface area contributed by atoms with Gasteiger partial charge in [-0.25, -0.2) is 0 Å². The Morgan fingerprint density at radius 2 is 2.25 bits per heavy atom. The molecule has 1 amide bonds. The number of carbonyl (C=O) groups is 1. The molecular formula is C15H17N3O2. The molecule has 1 unspecified atom stereocenters. The lowest BCUT2D eigenvalue weighted by Gasteiger charge is -2.21. The van der Waals surface area contributed by atoms with Crippen LogP contribution in [0, 0.1) is 0 Å². The zero-order valence-corrected chi connectivity index (χ0v) is 11.2. The van der Waals surface area contributed by atoms with Crippen LogP contribution in [-0.4, -0.2) is 24.2 Å². The lowest BCUT2D eigenvalue weighted by molar-refractivity contribution is -0.122. The predicted octanol–water partition coefficient (Wildman–Crippen LogP) is 1.47. The highest BCUT2D eigenvalue weighted by molar-refractivity contribution is 5.85. The standard InChI is InChI=1S/C15H17N3O2/c19-13-4-2-10(8-17-13)14-12-3-1-9-7-16-6-5-11(9)15(12)20-18-14/h1,3,10,16H,2,4-8H2,(H,17,19). The van der Waals surface area contributed by atoms with Crippen LogP contribution in [0.5, 0.6) is 0 Å². The van der Waals surface area contributed by atoms with Gasteiger partial charge in [-0.2, -0.15) is 0 Å². The van der Waals surface area contributed by atoms with E-state index in [1.807, 2.05) is 0 Å². The van der Waals surface area contributed by atoms with E-state index in [-0.39, 0.29) is 11.8 Å². The van der Waals surface area contributed by atoms with Crippen LogP contribution < -0.4 is 10.6 Å². The zero-order chi connectivity index (χ0) is 13.5. The summed E-state index contributed by atoms with van der Waals surface area (Å²) < 4.78 is 5.64. The number of aromatic nitrogens is 1. The van der Waals surface area contributed by atoms with Crippen LogP contribution >= 0.6 is 0 Å². The smallest absolute Gasteiger partial charge is 0.220 e. The van der Waals surface area contributed by atoms with E-state index in [4.69, 9.17) is 4.52 Å². The van der Waals surface area contributed by atoms with Crippen molar-refractivity contribution in [3.05, 3.63) is 29.0 Å². The number of nitrogens with zero attached hydrogens (tertiary/aromatic N) is 1. The van der Waals surface area contributed by atoms with Gasteiger partial charge >= 0.3 is 0 Å². The van der Waals surface area contributed by atoms with E-state index >= 15 is 0 Å². The van der Waals surface area contributed by atoms with Crippen molar-refractivity contribution in [3.63, 3.8) is 0 Å². The van der Waals surface area contributed by atoms with Gasteiger partial charge in [-0.15, -0.1) is 0 Å². The number of hydrogen-bond acceptors (Lipinski definition) is 4. The first-order chi connectivity index (χ1) is 9.83. The third-order valence-electron chi connectivity index (χ3n) is 4.39. The van der Waals surface area contributed by atoms with E-state index in [0.29, 0.717) is 13.0 Å². The molecule has 2 aliphatic rings. The summed E-state index contributed by atoms with van der Waals surface area (Å²) in [7, 11) is 0. The van der Waals surface area contributed by atoms with Crippen molar-refractivity contribution in [1.29, 1.82) is 0 Å². The van der Waals surface area contributed by atoms with Gasteiger partial charge in [0.15, 0.2) is 5.58 Å². The molecule has 1 fully saturated rings. The van der Waals surface area contributed by atoms with Gasteiger partial charge in [-0.3, -0.25) is 4.79 Å². The number of benzene rings is 1. The van der Waals surface area contributed by atoms with Crippen LogP contribution in [0.1, 0.15) is 35.6 Å². The summed E-state index contributed by atoms with van der Waals surface area (Å²) in [6, 6.07) is 4.29. The molecule has 1 saturated heterocycles. The first-order valence-corrected chi connectivity index (χ1v) is 7.20. The van der Waals surface area contributed by atoms with E-state index < -0.39 is 0 Å². The molecule has 2 aromatic rings. The van der Waals surface area contributed by atoms with Crippen molar-refractivity contribution in [3.8, 4) is 0 Å². The van der Waals surface area contributed by atoms with Crippen molar-refractivity contribution >= 4 is 16.9 Å². The molecule has 4 rings (SSSR count). The molecular weight excluding hydrogens is 254 g/mol. The molecule has 3 heterocycles. The van der Waals surface area contributed by atoms with Crippen molar-refractivity contribution < 1.29 is 9.32 Å². The van der Waals surface area contributed by atoms with Crippen LogP contribution in [0.3, 0.4) is 0 Å². The van der Waals surface area contributed by atoms with Gasteiger partial charge in [-0.1, -0.05) is 11.2 Å². The first kappa shape index (κ1) is 11.9. The molecule has 0 bridgehead atoms.